The van der Waals surface area contributed by atoms with Crippen LogP contribution in [0.5, 0.6) is 0 Å². The van der Waals surface area contributed by atoms with Crippen molar-refractivity contribution in [1.82, 2.24) is 4.98 Å². The number of pyridine rings is 1. The van der Waals surface area contributed by atoms with Crippen LogP contribution >= 0.6 is 0 Å². The topological polar surface area (TPSA) is 62.7 Å². The molecule has 2 heterocycles. The first-order chi connectivity index (χ1) is 13.1. The van der Waals surface area contributed by atoms with Gasteiger partial charge in [-0.15, -0.1) is 0 Å². The molecule has 0 N–H and O–H groups in total. The quantitative estimate of drug-likeness (QED) is 0.798. The SMILES string of the molecule is Cc1cccc(N(C)C(=O)[C@@H]2COC(=O)N2c2cc(C(F)(F)F)cc(C)n2)c1. The number of carbonyl (C=O) groups is 2. The van der Waals surface area contributed by atoms with E-state index < -0.39 is 29.8 Å². The molecular formula is C19H18F3N3O3. The minimum Gasteiger partial charge on any atom is -0.446 e. The molecule has 1 aromatic heterocycles. The molecule has 1 aliphatic rings. The fourth-order valence-corrected chi connectivity index (χ4v) is 2.98. The smallest absolute Gasteiger partial charge is 0.416 e. The highest BCUT2D eigenvalue weighted by atomic mass is 19.4. The van der Waals surface area contributed by atoms with Gasteiger partial charge in [0, 0.05) is 18.4 Å². The second kappa shape index (κ2) is 7.14. The number of benzene rings is 1. The first-order valence-electron chi connectivity index (χ1n) is 8.44. The molecule has 0 aliphatic carbocycles. The van der Waals surface area contributed by atoms with E-state index in [0.29, 0.717) is 5.69 Å². The lowest BCUT2D eigenvalue weighted by molar-refractivity contribution is -0.137. The second-order valence-corrected chi connectivity index (χ2v) is 6.55. The number of amides is 2. The summed E-state index contributed by atoms with van der Waals surface area (Å²) < 4.78 is 44.4. The predicted molar refractivity (Wildman–Crippen MR) is 96.2 cm³/mol. The zero-order valence-corrected chi connectivity index (χ0v) is 15.4. The van der Waals surface area contributed by atoms with E-state index in [0.717, 1.165) is 22.6 Å². The number of anilines is 2. The van der Waals surface area contributed by atoms with Crippen LogP contribution in [0, 0.1) is 13.8 Å². The van der Waals surface area contributed by atoms with Crippen LogP contribution in [-0.4, -0.2) is 36.7 Å². The van der Waals surface area contributed by atoms with Crippen molar-refractivity contribution < 1.29 is 27.5 Å². The van der Waals surface area contributed by atoms with Crippen molar-refractivity contribution in [3.8, 4) is 0 Å². The lowest BCUT2D eigenvalue weighted by Gasteiger charge is -2.26. The minimum absolute atomic E-state index is 0.0720. The van der Waals surface area contributed by atoms with E-state index >= 15 is 0 Å². The lowest BCUT2D eigenvalue weighted by atomic mass is 10.1. The van der Waals surface area contributed by atoms with Gasteiger partial charge in [0.2, 0.25) is 0 Å². The molecule has 1 atom stereocenters. The van der Waals surface area contributed by atoms with Crippen LogP contribution in [0.15, 0.2) is 36.4 Å². The van der Waals surface area contributed by atoms with Gasteiger partial charge in [-0.1, -0.05) is 12.1 Å². The number of nitrogens with zero attached hydrogens (tertiary/aromatic N) is 3. The summed E-state index contributed by atoms with van der Waals surface area (Å²) in [6.45, 7) is 2.98. The summed E-state index contributed by atoms with van der Waals surface area (Å²) in [6.07, 6.45) is -5.52. The first-order valence-corrected chi connectivity index (χ1v) is 8.44. The van der Waals surface area contributed by atoms with E-state index in [-0.39, 0.29) is 18.1 Å². The van der Waals surface area contributed by atoms with E-state index in [9.17, 15) is 22.8 Å². The maximum Gasteiger partial charge on any atom is 0.416 e. The number of cyclic esters (lactones) is 1. The molecule has 1 saturated heterocycles. The number of carbonyl (C=O) groups excluding carboxylic acids is 2. The molecule has 148 valence electrons. The van der Waals surface area contributed by atoms with E-state index in [4.69, 9.17) is 4.74 Å². The summed E-state index contributed by atoms with van der Waals surface area (Å²) in [6, 6.07) is 7.65. The third-order valence-electron chi connectivity index (χ3n) is 4.39. The molecule has 28 heavy (non-hydrogen) atoms. The normalized spacial score (nSPS) is 16.9. The summed E-state index contributed by atoms with van der Waals surface area (Å²) in [7, 11) is 1.53. The molecule has 1 aromatic carbocycles. The fourth-order valence-electron chi connectivity index (χ4n) is 2.98. The number of aryl methyl sites for hydroxylation is 2. The third-order valence-corrected chi connectivity index (χ3v) is 4.39. The van der Waals surface area contributed by atoms with Crippen molar-refractivity contribution in [3.05, 3.63) is 53.2 Å². The van der Waals surface area contributed by atoms with Crippen molar-refractivity contribution in [3.63, 3.8) is 0 Å². The number of hydrogen-bond acceptors (Lipinski definition) is 4. The molecule has 0 unspecified atom stereocenters. The number of ether oxygens (including phenoxy) is 1. The van der Waals surface area contributed by atoms with Gasteiger partial charge in [-0.2, -0.15) is 13.2 Å². The summed E-state index contributed by atoms with van der Waals surface area (Å²) in [5, 5.41) is 0. The third kappa shape index (κ3) is 3.78. The van der Waals surface area contributed by atoms with Crippen molar-refractivity contribution in [2.45, 2.75) is 26.1 Å². The first kappa shape index (κ1) is 19.7. The Hall–Kier alpha value is -3.10. The zero-order valence-electron chi connectivity index (χ0n) is 15.4. The molecule has 0 radical (unpaired) electrons. The predicted octanol–water partition coefficient (Wildman–Crippen LogP) is 3.71. The van der Waals surface area contributed by atoms with Crippen LogP contribution in [0.3, 0.4) is 0 Å². The molecule has 3 rings (SSSR count). The number of likely N-dealkylation sites (N-methyl/N-ethyl adjacent to an activating group) is 1. The van der Waals surface area contributed by atoms with Crippen LogP contribution < -0.4 is 9.80 Å². The summed E-state index contributed by atoms with van der Waals surface area (Å²) >= 11 is 0. The highest BCUT2D eigenvalue weighted by molar-refractivity contribution is 6.05. The Kier molecular flexibility index (Phi) is 5.01. The number of halogens is 3. The monoisotopic (exact) mass is 393 g/mol. The van der Waals surface area contributed by atoms with Crippen molar-refractivity contribution in [2.24, 2.45) is 0 Å². The molecule has 2 aromatic rings. The van der Waals surface area contributed by atoms with Crippen LogP contribution in [0.25, 0.3) is 0 Å². The van der Waals surface area contributed by atoms with E-state index in [1.54, 1.807) is 18.2 Å². The van der Waals surface area contributed by atoms with Gasteiger partial charge in [0.1, 0.15) is 12.4 Å². The molecule has 1 aliphatic heterocycles. The molecule has 6 nitrogen and oxygen atoms in total. The largest absolute Gasteiger partial charge is 0.446 e. The van der Waals surface area contributed by atoms with Gasteiger partial charge in [0.15, 0.2) is 6.04 Å². The van der Waals surface area contributed by atoms with Gasteiger partial charge in [-0.05, 0) is 43.7 Å². The second-order valence-electron chi connectivity index (χ2n) is 6.55. The lowest BCUT2D eigenvalue weighted by Crippen LogP contribution is -2.47. The van der Waals surface area contributed by atoms with E-state index in [1.165, 1.54) is 18.9 Å². The van der Waals surface area contributed by atoms with Crippen molar-refractivity contribution >= 4 is 23.5 Å². The van der Waals surface area contributed by atoms with Crippen LogP contribution in [0.4, 0.5) is 29.5 Å². The highest BCUT2D eigenvalue weighted by Crippen LogP contribution is 2.33. The molecule has 9 heteroatoms. The Morgan fingerprint density at radius 3 is 2.61 bits per heavy atom. The number of hydrogen-bond donors (Lipinski definition) is 0. The molecule has 0 bridgehead atoms. The average molecular weight is 393 g/mol. The number of alkyl halides is 3. The van der Waals surface area contributed by atoms with Gasteiger partial charge in [0.25, 0.3) is 5.91 Å². The summed E-state index contributed by atoms with van der Waals surface area (Å²) in [4.78, 5) is 31.4. The Morgan fingerprint density at radius 2 is 1.96 bits per heavy atom. The van der Waals surface area contributed by atoms with Gasteiger partial charge in [-0.3, -0.25) is 4.79 Å². The van der Waals surface area contributed by atoms with Crippen molar-refractivity contribution in [1.29, 1.82) is 0 Å². The fraction of sp³-hybridized carbons (Fsp3) is 0.316. The standard InChI is InChI=1S/C19H18F3N3O3/c1-11-5-4-6-14(7-11)24(3)17(26)15-10-28-18(27)25(15)16-9-13(19(20,21)22)8-12(2)23-16/h4-9,15H,10H2,1-3H3/t15-/m0/s1. The molecular weight excluding hydrogens is 375 g/mol. The maximum atomic E-state index is 13.1. The molecule has 1 fully saturated rings. The zero-order chi connectivity index (χ0) is 20.6. The van der Waals surface area contributed by atoms with E-state index in [1.807, 2.05) is 13.0 Å². The van der Waals surface area contributed by atoms with E-state index in [2.05, 4.69) is 4.98 Å². The Labute approximate surface area is 159 Å². The molecule has 0 spiro atoms. The van der Waals surface area contributed by atoms with Gasteiger partial charge < -0.3 is 9.64 Å². The number of rotatable bonds is 3. The number of aromatic nitrogens is 1. The van der Waals surface area contributed by atoms with Crippen LogP contribution in [0.2, 0.25) is 0 Å². The Balaban J connectivity index is 1.96. The Bertz CT molecular complexity index is 930. The average Bonchev–Trinajstić information content (AvgIpc) is 3.00. The van der Waals surface area contributed by atoms with Crippen LogP contribution in [-0.2, 0) is 15.7 Å². The van der Waals surface area contributed by atoms with Gasteiger partial charge >= 0.3 is 12.3 Å². The van der Waals surface area contributed by atoms with Gasteiger partial charge in [-0.25, -0.2) is 14.7 Å². The molecule has 0 saturated carbocycles. The van der Waals surface area contributed by atoms with Gasteiger partial charge in [0.05, 0.1) is 5.56 Å². The van der Waals surface area contributed by atoms with Crippen molar-refractivity contribution in [2.75, 3.05) is 23.5 Å². The van der Waals surface area contributed by atoms with Crippen LogP contribution in [0.1, 0.15) is 16.8 Å². The Morgan fingerprint density at radius 1 is 1.25 bits per heavy atom. The highest BCUT2D eigenvalue weighted by Gasteiger charge is 2.42. The summed E-state index contributed by atoms with van der Waals surface area (Å²) in [5.74, 6) is -0.765. The maximum absolute atomic E-state index is 13.1. The summed E-state index contributed by atoms with van der Waals surface area (Å²) in [5.41, 5.74) is 0.649. The minimum atomic E-state index is -4.61. The molecule has 2 amide bonds.